The third-order valence-corrected chi connectivity index (χ3v) is 7.02. The fourth-order valence-electron chi connectivity index (χ4n) is 4.72. The number of hydrogen-bond donors (Lipinski definition) is 2. The monoisotopic (exact) mass is 501 g/mol. The molecule has 1 aliphatic rings. The summed E-state index contributed by atoms with van der Waals surface area (Å²) in [5.41, 5.74) is 1.74. The van der Waals surface area contributed by atoms with Crippen LogP contribution >= 0.6 is 0 Å². The van der Waals surface area contributed by atoms with Gasteiger partial charge >= 0.3 is 11.8 Å². The van der Waals surface area contributed by atoms with Gasteiger partial charge in [-0.3, -0.25) is 9.59 Å². The van der Waals surface area contributed by atoms with Crippen LogP contribution in [0.4, 0.5) is 11.4 Å². The predicted molar refractivity (Wildman–Crippen MR) is 151 cm³/mol. The van der Waals surface area contributed by atoms with Crippen LogP contribution in [0.1, 0.15) is 110 Å². The minimum absolute atomic E-state index is 0.556. The van der Waals surface area contributed by atoms with Crippen LogP contribution in [0.2, 0.25) is 0 Å². The molecule has 0 unspecified atom stereocenters. The molecule has 2 N–H and O–H groups in total. The highest BCUT2D eigenvalue weighted by molar-refractivity contribution is 6.39. The molecule has 1 aromatic carbocycles. The molecule has 0 bridgehead atoms. The summed E-state index contributed by atoms with van der Waals surface area (Å²) in [6.45, 7) is 6.04. The van der Waals surface area contributed by atoms with Gasteiger partial charge in [0.1, 0.15) is 0 Å². The fourth-order valence-corrected chi connectivity index (χ4v) is 4.72. The molecular formula is C30H51N3O3. The first-order chi connectivity index (χ1) is 17.7. The Bertz CT molecular complexity index is 702. The lowest BCUT2D eigenvalue weighted by atomic mass is 10.0. The van der Waals surface area contributed by atoms with Gasteiger partial charge in [0.2, 0.25) is 0 Å². The summed E-state index contributed by atoms with van der Waals surface area (Å²) in [5.74, 6) is -1.17. The Morgan fingerprint density at radius 2 is 1.17 bits per heavy atom. The molecule has 0 radical (unpaired) electrons. The maximum absolute atomic E-state index is 12.2. The number of anilines is 2. The minimum Gasteiger partial charge on any atom is -0.378 e. The Kier molecular flexibility index (Phi) is 16.8. The van der Waals surface area contributed by atoms with Crippen molar-refractivity contribution in [2.24, 2.45) is 0 Å². The SMILES string of the molecule is CCCCCCCCCCCCCCCCCCNC(=O)C(=O)Nc1ccc(N2CCOCC2)cc1. The first-order valence-corrected chi connectivity index (χ1v) is 14.7. The normalized spacial score (nSPS) is 13.5. The van der Waals surface area contributed by atoms with Crippen molar-refractivity contribution in [3.05, 3.63) is 24.3 Å². The van der Waals surface area contributed by atoms with Gasteiger partial charge in [-0.2, -0.15) is 0 Å². The Hall–Kier alpha value is -2.08. The molecule has 1 aliphatic heterocycles. The number of carbonyl (C=O) groups is 2. The van der Waals surface area contributed by atoms with Gasteiger partial charge in [0.15, 0.2) is 0 Å². The molecule has 204 valence electrons. The van der Waals surface area contributed by atoms with Crippen LogP contribution in [0, 0.1) is 0 Å². The van der Waals surface area contributed by atoms with Gasteiger partial charge in [0.05, 0.1) is 13.2 Å². The highest BCUT2D eigenvalue weighted by Crippen LogP contribution is 2.19. The van der Waals surface area contributed by atoms with E-state index in [0.29, 0.717) is 12.2 Å². The lowest BCUT2D eigenvalue weighted by Gasteiger charge is -2.28. The van der Waals surface area contributed by atoms with E-state index in [1.54, 1.807) is 0 Å². The van der Waals surface area contributed by atoms with Gasteiger partial charge in [-0.25, -0.2) is 0 Å². The molecule has 2 amide bonds. The third kappa shape index (κ3) is 13.9. The first kappa shape index (κ1) is 30.1. The van der Waals surface area contributed by atoms with E-state index in [4.69, 9.17) is 4.74 Å². The zero-order valence-electron chi connectivity index (χ0n) is 22.8. The fraction of sp³-hybridized carbons (Fsp3) is 0.733. The molecule has 36 heavy (non-hydrogen) atoms. The summed E-state index contributed by atoms with van der Waals surface area (Å²) >= 11 is 0. The lowest BCUT2D eigenvalue weighted by Crippen LogP contribution is -2.36. The number of nitrogens with zero attached hydrogens (tertiary/aromatic N) is 1. The number of nitrogens with one attached hydrogen (secondary N) is 2. The van der Waals surface area contributed by atoms with Crippen molar-refractivity contribution in [1.29, 1.82) is 0 Å². The molecule has 1 aromatic rings. The highest BCUT2D eigenvalue weighted by Gasteiger charge is 2.14. The maximum Gasteiger partial charge on any atom is 0.313 e. The van der Waals surface area contributed by atoms with E-state index in [-0.39, 0.29) is 0 Å². The number of ether oxygens (including phenoxy) is 1. The van der Waals surface area contributed by atoms with Gasteiger partial charge in [-0.15, -0.1) is 0 Å². The molecule has 0 spiro atoms. The van der Waals surface area contributed by atoms with Crippen molar-refractivity contribution in [1.82, 2.24) is 5.32 Å². The van der Waals surface area contributed by atoms with E-state index in [2.05, 4.69) is 22.5 Å². The number of carbonyl (C=O) groups excluding carboxylic acids is 2. The molecule has 0 saturated carbocycles. The van der Waals surface area contributed by atoms with Gasteiger partial charge < -0.3 is 20.3 Å². The summed E-state index contributed by atoms with van der Waals surface area (Å²) in [6, 6.07) is 7.61. The van der Waals surface area contributed by atoms with E-state index in [1.807, 2.05) is 24.3 Å². The van der Waals surface area contributed by atoms with Gasteiger partial charge in [0, 0.05) is 31.0 Å². The molecular weight excluding hydrogens is 450 g/mol. The second kappa shape index (κ2) is 20.0. The Labute approximate surface area is 219 Å². The summed E-state index contributed by atoms with van der Waals surface area (Å²) < 4.78 is 5.38. The van der Waals surface area contributed by atoms with Crippen molar-refractivity contribution in [3.63, 3.8) is 0 Å². The van der Waals surface area contributed by atoms with Crippen LogP contribution in [-0.2, 0) is 14.3 Å². The maximum atomic E-state index is 12.2. The zero-order valence-corrected chi connectivity index (χ0v) is 22.8. The van der Waals surface area contributed by atoms with Crippen LogP contribution in [0.3, 0.4) is 0 Å². The van der Waals surface area contributed by atoms with Crippen molar-refractivity contribution in [3.8, 4) is 0 Å². The van der Waals surface area contributed by atoms with E-state index in [0.717, 1.165) is 44.8 Å². The van der Waals surface area contributed by atoms with Crippen LogP contribution in [0.25, 0.3) is 0 Å². The second-order valence-electron chi connectivity index (χ2n) is 10.2. The summed E-state index contributed by atoms with van der Waals surface area (Å²) in [7, 11) is 0. The molecule has 2 rings (SSSR count). The number of benzene rings is 1. The zero-order chi connectivity index (χ0) is 25.7. The molecule has 1 fully saturated rings. The number of unbranched alkanes of at least 4 members (excludes halogenated alkanes) is 15. The second-order valence-corrected chi connectivity index (χ2v) is 10.2. The van der Waals surface area contributed by atoms with Crippen LogP contribution in [-0.4, -0.2) is 44.7 Å². The van der Waals surface area contributed by atoms with E-state index >= 15 is 0 Å². The van der Waals surface area contributed by atoms with Crippen molar-refractivity contribution in [2.75, 3.05) is 43.1 Å². The lowest BCUT2D eigenvalue weighted by molar-refractivity contribution is -0.136. The van der Waals surface area contributed by atoms with Gasteiger partial charge in [-0.05, 0) is 30.7 Å². The van der Waals surface area contributed by atoms with Crippen LogP contribution in [0.5, 0.6) is 0 Å². The molecule has 0 aromatic heterocycles. The van der Waals surface area contributed by atoms with Crippen LogP contribution in [0.15, 0.2) is 24.3 Å². The Balaban J connectivity index is 1.39. The quantitative estimate of drug-likeness (QED) is 0.161. The Morgan fingerprint density at radius 1 is 0.694 bits per heavy atom. The van der Waals surface area contributed by atoms with E-state index < -0.39 is 11.8 Å². The number of rotatable bonds is 19. The van der Waals surface area contributed by atoms with Gasteiger partial charge in [0.25, 0.3) is 0 Å². The molecule has 1 saturated heterocycles. The molecule has 0 atom stereocenters. The summed E-state index contributed by atoms with van der Waals surface area (Å²) in [6.07, 6.45) is 21.2. The van der Waals surface area contributed by atoms with Crippen molar-refractivity contribution >= 4 is 23.2 Å². The predicted octanol–water partition coefficient (Wildman–Crippen LogP) is 6.84. The smallest absolute Gasteiger partial charge is 0.313 e. The highest BCUT2D eigenvalue weighted by atomic mass is 16.5. The number of hydrogen-bond acceptors (Lipinski definition) is 4. The van der Waals surface area contributed by atoms with Crippen molar-refractivity contribution < 1.29 is 14.3 Å². The Morgan fingerprint density at radius 3 is 1.67 bits per heavy atom. The van der Waals surface area contributed by atoms with E-state index in [9.17, 15) is 9.59 Å². The molecule has 6 nitrogen and oxygen atoms in total. The number of morpholine rings is 1. The van der Waals surface area contributed by atoms with E-state index in [1.165, 1.54) is 89.9 Å². The summed E-state index contributed by atoms with van der Waals surface area (Å²) in [5, 5.41) is 5.43. The largest absolute Gasteiger partial charge is 0.378 e. The topological polar surface area (TPSA) is 70.7 Å². The third-order valence-electron chi connectivity index (χ3n) is 7.02. The molecule has 6 heteroatoms. The van der Waals surface area contributed by atoms with Gasteiger partial charge in [-0.1, -0.05) is 103 Å². The summed E-state index contributed by atoms with van der Waals surface area (Å²) in [4.78, 5) is 26.5. The molecule has 0 aliphatic carbocycles. The first-order valence-electron chi connectivity index (χ1n) is 14.7. The van der Waals surface area contributed by atoms with Crippen molar-refractivity contribution in [2.45, 2.75) is 110 Å². The average Bonchev–Trinajstić information content (AvgIpc) is 2.91. The number of amides is 2. The average molecular weight is 502 g/mol. The molecule has 1 heterocycles. The standard InChI is InChI=1S/C30H51N3O3/c1-2-3-4-5-6-7-8-9-10-11-12-13-14-15-16-17-22-31-29(34)30(35)32-27-18-20-28(21-19-27)33-23-25-36-26-24-33/h18-21H,2-17,22-26H2,1H3,(H,31,34)(H,32,35). The van der Waals surface area contributed by atoms with Crippen LogP contribution < -0.4 is 15.5 Å². The minimum atomic E-state index is -0.606.